The Bertz CT molecular complexity index is 492. The molecule has 2 rings (SSSR count). The zero-order valence-electron chi connectivity index (χ0n) is 15.0. The van der Waals surface area contributed by atoms with E-state index in [0.29, 0.717) is 26.1 Å². The molecule has 0 radical (unpaired) electrons. The molecule has 7 heteroatoms. The molecule has 0 aliphatic carbocycles. The van der Waals surface area contributed by atoms with Gasteiger partial charge in [0.2, 0.25) is 5.91 Å². The van der Waals surface area contributed by atoms with E-state index >= 15 is 0 Å². The first-order chi connectivity index (χ1) is 11.2. The zero-order chi connectivity index (χ0) is 17.9. The third-order valence-corrected chi connectivity index (χ3v) is 4.55. The van der Waals surface area contributed by atoms with Gasteiger partial charge >= 0.3 is 12.1 Å². The molecule has 24 heavy (non-hydrogen) atoms. The normalized spacial score (nSPS) is 23.2. The molecule has 0 aromatic carbocycles. The summed E-state index contributed by atoms with van der Waals surface area (Å²) < 4.78 is 10.1. The maximum Gasteiger partial charge on any atom is 0.410 e. The number of likely N-dealkylation sites (tertiary alicyclic amines) is 2. The first kappa shape index (κ1) is 18.5. The molecule has 0 N–H and O–H groups in total. The van der Waals surface area contributed by atoms with Crippen LogP contribution < -0.4 is 0 Å². The van der Waals surface area contributed by atoms with Crippen LogP contribution in [0.4, 0.5) is 4.79 Å². The number of ether oxygens (including phenoxy) is 2. The van der Waals surface area contributed by atoms with Crippen LogP contribution in [0.3, 0.4) is 0 Å². The fourth-order valence-corrected chi connectivity index (χ4v) is 3.29. The monoisotopic (exact) mass is 340 g/mol. The van der Waals surface area contributed by atoms with Crippen molar-refractivity contribution in [3.05, 3.63) is 0 Å². The summed E-state index contributed by atoms with van der Waals surface area (Å²) in [5.74, 6) is -0.615. The molecule has 2 fully saturated rings. The van der Waals surface area contributed by atoms with Crippen molar-refractivity contribution in [3.8, 4) is 0 Å². The first-order valence-electron chi connectivity index (χ1n) is 8.56. The van der Waals surface area contributed by atoms with Crippen LogP contribution in [0.2, 0.25) is 0 Å². The average molecular weight is 340 g/mol. The van der Waals surface area contributed by atoms with Crippen LogP contribution in [0.1, 0.15) is 46.5 Å². The van der Waals surface area contributed by atoms with Gasteiger partial charge in [0.15, 0.2) is 0 Å². The van der Waals surface area contributed by atoms with Gasteiger partial charge in [0.05, 0.1) is 13.0 Å². The van der Waals surface area contributed by atoms with Crippen LogP contribution in [0.5, 0.6) is 0 Å². The molecule has 0 aromatic rings. The van der Waals surface area contributed by atoms with Crippen molar-refractivity contribution in [1.29, 1.82) is 0 Å². The number of amides is 2. The SMILES string of the molecule is COC(=O)C1CCN(C2CCN(C(=O)OC(C)(C)C)CC2)C(=O)C1. The lowest BCUT2D eigenvalue weighted by molar-refractivity contribution is -0.153. The Balaban J connectivity index is 1.84. The molecular weight excluding hydrogens is 312 g/mol. The minimum Gasteiger partial charge on any atom is -0.469 e. The van der Waals surface area contributed by atoms with Gasteiger partial charge in [-0.05, 0) is 40.0 Å². The molecule has 1 atom stereocenters. The molecule has 2 amide bonds. The standard InChI is InChI=1S/C17H28N2O5/c1-17(2,3)24-16(22)18-8-6-13(7-9-18)19-10-5-12(11-14(19)20)15(21)23-4/h12-13H,5-11H2,1-4H3. The van der Waals surface area contributed by atoms with E-state index in [0.717, 1.165) is 12.8 Å². The van der Waals surface area contributed by atoms with Crippen LogP contribution in [0.25, 0.3) is 0 Å². The fourth-order valence-electron chi connectivity index (χ4n) is 3.29. The molecule has 0 spiro atoms. The maximum atomic E-state index is 12.3. The smallest absolute Gasteiger partial charge is 0.410 e. The minimum absolute atomic E-state index is 0.00682. The molecule has 136 valence electrons. The van der Waals surface area contributed by atoms with Crippen LogP contribution in [0, 0.1) is 5.92 Å². The van der Waals surface area contributed by atoms with Gasteiger partial charge in [-0.15, -0.1) is 0 Å². The second kappa shape index (κ2) is 7.40. The highest BCUT2D eigenvalue weighted by Crippen LogP contribution is 2.26. The highest BCUT2D eigenvalue weighted by Gasteiger charge is 2.36. The van der Waals surface area contributed by atoms with Gasteiger partial charge in [-0.2, -0.15) is 0 Å². The molecular formula is C17H28N2O5. The van der Waals surface area contributed by atoms with Gasteiger partial charge < -0.3 is 19.3 Å². The Kier molecular flexibility index (Phi) is 5.72. The summed E-state index contributed by atoms with van der Waals surface area (Å²) in [6.07, 6.45) is 2.06. The lowest BCUT2D eigenvalue weighted by atomic mass is 9.93. The van der Waals surface area contributed by atoms with Gasteiger partial charge in [0, 0.05) is 32.1 Å². The summed E-state index contributed by atoms with van der Waals surface area (Å²) >= 11 is 0. The van der Waals surface area contributed by atoms with E-state index in [4.69, 9.17) is 9.47 Å². The van der Waals surface area contributed by atoms with E-state index in [1.807, 2.05) is 25.7 Å². The number of methoxy groups -OCH3 is 1. The molecule has 2 heterocycles. The third-order valence-electron chi connectivity index (χ3n) is 4.55. The highest BCUT2D eigenvalue weighted by atomic mass is 16.6. The molecule has 2 aliphatic heterocycles. The van der Waals surface area contributed by atoms with Crippen LogP contribution >= 0.6 is 0 Å². The lowest BCUT2D eigenvalue weighted by Gasteiger charge is -2.41. The number of carbonyl (C=O) groups excluding carboxylic acids is 3. The van der Waals surface area contributed by atoms with Crippen molar-refractivity contribution in [2.24, 2.45) is 5.92 Å². The van der Waals surface area contributed by atoms with Crippen LogP contribution in [-0.4, -0.2) is 66.2 Å². The van der Waals surface area contributed by atoms with Gasteiger partial charge in [-0.1, -0.05) is 0 Å². The molecule has 0 aromatic heterocycles. The summed E-state index contributed by atoms with van der Waals surface area (Å²) in [7, 11) is 1.35. The molecule has 7 nitrogen and oxygen atoms in total. The van der Waals surface area contributed by atoms with Crippen molar-refractivity contribution < 1.29 is 23.9 Å². The van der Waals surface area contributed by atoms with Gasteiger partial charge in [-0.25, -0.2) is 4.79 Å². The van der Waals surface area contributed by atoms with E-state index < -0.39 is 5.60 Å². The van der Waals surface area contributed by atoms with Crippen molar-refractivity contribution >= 4 is 18.0 Å². The number of hydrogen-bond acceptors (Lipinski definition) is 5. The number of carbonyl (C=O) groups is 3. The molecule has 0 saturated carbocycles. The number of esters is 1. The quantitative estimate of drug-likeness (QED) is 0.717. The Morgan fingerprint density at radius 1 is 1.08 bits per heavy atom. The predicted octanol–water partition coefficient (Wildman–Crippen LogP) is 1.80. The summed E-state index contributed by atoms with van der Waals surface area (Å²) in [5.41, 5.74) is -0.500. The van der Waals surface area contributed by atoms with Crippen molar-refractivity contribution in [2.75, 3.05) is 26.7 Å². The second-order valence-corrected chi connectivity index (χ2v) is 7.50. The number of hydrogen-bond donors (Lipinski definition) is 0. The summed E-state index contributed by atoms with van der Waals surface area (Å²) in [6, 6.07) is 0.134. The average Bonchev–Trinajstić information content (AvgIpc) is 2.52. The topological polar surface area (TPSA) is 76.2 Å². The van der Waals surface area contributed by atoms with E-state index in [9.17, 15) is 14.4 Å². The maximum absolute atomic E-state index is 12.3. The van der Waals surface area contributed by atoms with Crippen LogP contribution in [-0.2, 0) is 19.1 Å². The van der Waals surface area contributed by atoms with Crippen molar-refractivity contribution in [2.45, 2.75) is 58.1 Å². The summed E-state index contributed by atoms with van der Waals surface area (Å²) in [5, 5.41) is 0. The molecule has 2 saturated heterocycles. The van der Waals surface area contributed by atoms with E-state index in [1.54, 1.807) is 4.90 Å². The van der Waals surface area contributed by atoms with Gasteiger partial charge in [0.25, 0.3) is 0 Å². The Hall–Kier alpha value is -1.79. The first-order valence-corrected chi connectivity index (χ1v) is 8.56. The van der Waals surface area contributed by atoms with Gasteiger partial charge in [0.1, 0.15) is 5.60 Å². The highest BCUT2D eigenvalue weighted by molar-refractivity contribution is 5.84. The second-order valence-electron chi connectivity index (χ2n) is 7.50. The van der Waals surface area contributed by atoms with Crippen molar-refractivity contribution in [1.82, 2.24) is 9.80 Å². The number of piperidine rings is 2. The summed E-state index contributed by atoms with van der Waals surface area (Å²) in [4.78, 5) is 39.6. The van der Waals surface area contributed by atoms with E-state index in [1.165, 1.54) is 7.11 Å². The molecule has 0 bridgehead atoms. The Morgan fingerprint density at radius 3 is 2.21 bits per heavy atom. The van der Waals surface area contributed by atoms with E-state index in [-0.39, 0.29) is 36.4 Å². The number of nitrogens with zero attached hydrogens (tertiary/aromatic N) is 2. The summed E-state index contributed by atoms with van der Waals surface area (Å²) in [6.45, 7) is 7.30. The lowest BCUT2D eigenvalue weighted by Crippen LogP contribution is -2.52. The van der Waals surface area contributed by atoms with Gasteiger partial charge in [-0.3, -0.25) is 9.59 Å². The van der Waals surface area contributed by atoms with Crippen molar-refractivity contribution in [3.63, 3.8) is 0 Å². The third kappa shape index (κ3) is 4.61. The number of rotatable bonds is 2. The van der Waals surface area contributed by atoms with Crippen LogP contribution in [0.15, 0.2) is 0 Å². The molecule has 1 unspecified atom stereocenters. The predicted molar refractivity (Wildman–Crippen MR) is 87.3 cm³/mol. The Morgan fingerprint density at radius 2 is 1.71 bits per heavy atom. The largest absolute Gasteiger partial charge is 0.469 e. The fraction of sp³-hybridized carbons (Fsp3) is 0.824. The molecule has 2 aliphatic rings. The minimum atomic E-state index is -0.500. The zero-order valence-corrected chi connectivity index (χ0v) is 15.0. The Labute approximate surface area is 143 Å². The van der Waals surface area contributed by atoms with E-state index in [2.05, 4.69) is 0 Å².